The van der Waals surface area contributed by atoms with Crippen LogP contribution in [-0.4, -0.2) is 12.1 Å². The molecule has 0 bridgehead atoms. The largest absolute Gasteiger partial charge is 0.497 e. The maximum absolute atomic E-state index is 5.19. The monoisotopic (exact) mass is 289 g/mol. The molecule has 0 aliphatic heterocycles. The van der Waals surface area contributed by atoms with Crippen molar-refractivity contribution < 1.29 is 4.74 Å². The van der Waals surface area contributed by atoms with E-state index in [1.54, 1.807) is 7.11 Å². The first kappa shape index (κ1) is 14.3. The number of nitrogens with zero attached hydrogens (tertiary/aromatic N) is 1. The van der Waals surface area contributed by atoms with Crippen molar-refractivity contribution in [3.63, 3.8) is 0 Å². The highest BCUT2D eigenvalue weighted by atomic mass is 16.5. The summed E-state index contributed by atoms with van der Waals surface area (Å²) < 4.78 is 5.19. The molecular weight excluding hydrogens is 270 g/mol. The topological polar surface area (TPSA) is 22.1 Å². The van der Waals surface area contributed by atoms with Crippen LogP contribution in [0.3, 0.4) is 0 Å². The van der Waals surface area contributed by atoms with Crippen LogP contribution in [-0.2, 0) is 6.42 Å². The fourth-order valence-electron chi connectivity index (χ4n) is 2.56. The van der Waals surface area contributed by atoms with Crippen LogP contribution in [0.1, 0.15) is 18.2 Å². The van der Waals surface area contributed by atoms with E-state index in [9.17, 15) is 0 Å². The first-order chi connectivity index (χ1) is 10.8. The van der Waals surface area contributed by atoms with E-state index in [0.29, 0.717) is 0 Å². The third kappa shape index (κ3) is 3.01. The Labute approximate surface area is 131 Å². The highest BCUT2D eigenvalue weighted by molar-refractivity contribution is 5.91. The van der Waals surface area contributed by atoms with Crippen LogP contribution in [0.5, 0.6) is 5.75 Å². The lowest BCUT2D eigenvalue weighted by Gasteiger charge is -2.06. The fraction of sp³-hybridized carbons (Fsp3) is 0.150. The zero-order valence-corrected chi connectivity index (χ0v) is 12.9. The molecule has 22 heavy (non-hydrogen) atoms. The summed E-state index contributed by atoms with van der Waals surface area (Å²) in [6.45, 7) is 2.12. The fourth-order valence-corrected chi connectivity index (χ4v) is 2.56. The van der Waals surface area contributed by atoms with Crippen molar-refractivity contribution >= 4 is 16.3 Å². The van der Waals surface area contributed by atoms with E-state index < -0.39 is 0 Å². The molecule has 0 saturated carbocycles. The van der Waals surface area contributed by atoms with Crippen molar-refractivity contribution in [2.24, 2.45) is 0 Å². The predicted molar refractivity (Wildman–Crippen MR) is 92.1 cm³/mol. The number of hydrogen-bond donors (Lipinski definition) is 0. The van der Waals surface area contributed by atoms with Gasteiger partial charge in [0.05, 0.1) is 12.8 Å². The molecule has 1 heterocycles. The van der Waals surface area contributed by atoms with E-state index in [0.717, 1.165) is 17.9 Å². The lowest BCUT2D eigenvalue weighted by Crippen LogP contribution is -1.90. The van der Waals surface area contributed by atoms with Gasteiger partial charge in [-0.15, -0.1) is 0 Å². The minimum absolute atomic E-state index is 0.889. The molecule has 0 amide bonds. The molecule has 0 unspecified atom stereocenters. The molecule has 2 nitrogen and oxygen atoms in total. The Morgan fingerprint density at radius 3 is 2.59 bits per heavy atom. The Morgan fingerprint density at radius 2 is 1.82 bits per heavy atom. The number of ether oxygens (including phenoxy) is 1. The molecule has 0 saturated heterocycles. The molecule has 0 atom stereocenters. The Morgan fingerprint density at radius 1 is 1.05 bits per heavy atom. The zero-order valence-electron chi connectivity index (χ0n) is 12.9. The number of allylic oxidation sites excluding steroid dienone is 2. The van der Waals surface area contributed by atoms with E-state index in [1.165, 1.54) is 21.9 Å². The van der Waals surface area contributed by atoms with Crippen LogP contribution >= 0.6 is 0 Å². The highest BCUT2D eigenvalue weighted by Gasteiger charge is 2.03. The van der Waals surface area contributed by atoms with Gasteiger partial charge in [-0.25, -0.2) is 0 Å². The zero-order chi connectivity index (χ0) is 15.4. The normalized spacial score (nSPS) is 11.6. The third-order valence-corrected chi connectivity index (χ3v) is 3.85. The number of methoxy groups -OCH3 is 1. The molecule has 2 aromatic carbocycles. The lowest BCUT2D eigenvalue weighted by molar-refractivity contribution is 0.414. The summed E-state index contributed by atoms with van der Waals surface area (Å²) in [5.41, 5.74) is 3.53. The number of fused-ring (bicyclic) bond motifs is 1. The second-order valence-electron chi connectivity index (χ2n) is 5.32. The Balaban J connectivity index is 1.86. The molecule has 0 radical (unpaired) electrons. The van der Waals surface area contributed by atoms with Gasteiger partial charge < -0.3 is 4.74 Å². The third-order valence-electron chi connectivity index (χ3n) is 3.85. The second kappa shape index (κ2) is 6.44. The standard InChI is InChI=1S/C20H19NO/c1-15(7-8-16-9-11-18(22-2)12-10-16)20-19-6-4-3-5-17(19)13-14-21-20/h3-7,9-14H,8H2,1-2H3. The van der Waals surface area contributed by atoms with Gasteiger partial charge in [0.2, 0.25) is 0 Å². The smallest absolute Gasteiger partial charge is 0.118 e. The summed E-state index contributed by atoms with van der Waals surface area (Å²) in [4.78, 5) is 4.56. The summed E-state index contributed by atoms with van der Waals surface area (Å²) in [5.74, 6) is 0.889. The van der Waals surface area contributed by atoms with E-state index in [-0.39, 0.29) is 0 Å². The van der Waals surface area contributed by atoms with Gasteiger partial charge in [0.25, 0.3) is 0 Å². The summed E-state index contributed by atoms with van der Waals surface area (Å²) in [6.07, 6.45) is 5.00. The highest BCUT2D eigenvalue weighted by Crippen LogP contribution is 2.23. The first-order valence-corrected chi connectivity index (χ1v) is 7.42. The molecule has 0 aliphatic rings. The molecule has 0 spiro atoms. The number of aromatic nitrogens is 1. The molecule has 0 N–H and O–H groups in total. The van der Waals surface area contributed by atoms with Crippen LogP contribution in [0.4, 0.5) is 0 Å². The number of benzene rings is 2. The Bertz CT molecular complexity index is 798. The van der Waals surface area contributed by atoms with Gasteiger partial charge >= 0.3 is 0 Å². The predicted octanol–water partition coefficient (Wildman–Crippen LogP) is 4.89. The lowest BCUT2D eigenvalue weighted by atomic mass is 10.0. The average molecular weight is 289 g/mol. The number of pyridine rings is 1. The van der Waals surface area contributed by atoms with Crippen molar-refractivity contribution in [3.8, 4) is 5.75 Å². The van der Waals surface area contributed by atoms with Crippen LogP contribution in [0.25, 0.3) is 16.3 Å². The van der Waals surface area contributed by atoms with Gasteiger partial charge in [0.1, 0.15) is 5.75 Å². The number of rotatable bonds is 4. The molecule has 3 aromatic rings. The van der Waals surface area contributed by atoms with Gasteiger partial charge in [-0.3, -0.25) is 4.98 Å². The SMILES string of the molecule is COc1ccc(CC=C(C)c2nccc3ccccc23)cc1. The van der Waals surface area contributed by atoms with E-state index >= 15 is 0 Å². The average Bonchev–Trinajstić information content (AvgIpc) is 2.59. The van der Waals surface area contributed by atoms with Crippen LogP contribution in [0.2, 0.25) is 0 Å². The molecule has 3 rings (SSSR count). The molecule has 1 aromatic heterocycles. The molecule has 2 heteroatoms. The summed E-state index contributed by atoms with van der Waals surface area (Å²) in [5, 5.41) is 2.43. The molecule has 110 valence electrons. The number of hydrogen-bond acceptors (Lipinski definition) is 2. The summed E-state index contributed by atoms with van der Waals surface area (Å²) >= 11 is 0. The maximum atomic E-state index is 5.19. The quantitative estimate of drug-likeness (QED) is 0.682. The second-order valence-corrected chi connectivity index (χ2v) is 5.32. The molecular formula is C20H19NO. The van der Waals surface area contributed by atoms with Gasteiger partial charge in [-0.1, -0.05) is 42.5 Å². The summed E-state index contributed by atoms with van der Waals surface area (Å²) in [7, 11) is 1.69. The van der Waals surface area contributed by atoms with Crippen molar-refractivity contribution in [3.05, 3.63) is 78.1 Å². The van der Waals surface area contributed by atoms with Gasteiger partial charge in [0.15, 0.2) is 0 Å². The van der Waals surface area contributed by atoms with E-state index in [4.69, 9.17) is 4.74 Å². The van der Waals surface area contributed by atoms with Crippen LogP contribution in [0.15, 0.2) is 66.9 Å². The van der Waals surface area contributed by atoms with Gasteiger partial charge in [-0.2, -0.15) is 0 Å². The van der Waals surface area contributed by atoms with Crippen LogP contribution < -0.4 is 4.74 Å². The Kier molecular flexibility index (Phi) is 4.19. The van der Waals surface area contributed by atoms with E-state index in [1.807, 2.05) is 18.3 Å². The molecule has 0 fully saturated rings. The van der Waals surface area contributed by atoms with Gasteiger partial charge in [0, 0.05) is 11.6 Å². The maximum Gasteiger partial charge on any atom is 0.118 e. The van der Waals surface area contributed by atoms with Crippen molar-refractivity contribution in [1.82, 2.24) is 4.98 Å². The van der Waals surface area contributed by atoms with E-state index in [2.05, 4.69) is 60.4 Å². The summed E-state index contributed by atoms with van der Waals surface area (Å²) in [6, 6.07) is 18.6. The molecule has 0 aliphatic carbocycles. The van der Waals surface area contributed by atoms with Crippen LogP contribution in [0, 0.1) is 0 Å². The van der Waals surface area contributed by atoms with Gasteiger partial charge in [-0.05, 0) is 48.1 Å². The Hall–Kier alpha value is -2.61. The van der Waals surface area contributed by atoms with Crippen molar-refractivity contribution in [1.29, 1.82) is 0 Å². The minimum Gasteiger partial charge on any atom is -0.497 e. The van der Waals surface area contributed by atoms with Crippen molar-refractivity contribution in [2.75, 3.05) is 7.11 Å². The first-order valence-electron chi connectivity index (χ1n) is 7.42. The van der Waals surface area contributed by atoms with Crippen molar-refractivity contribution in [2.45, 2.75) is 13.3 Å². The minimum atomic E-state index is 0.889.